The molecule has 0 heterocycles. The highest BCUT2D eigenvalue weighted by Gasteiger charge is 2.45. The van der Waals surface area contributed by atoms with Crippen molar-refractivity contribution in [3.63, 3.8) is 0 Å². The number of carbonyl (C=O) groups excluding carboxylic acids is 1. The van der Waals surface area contributed by atoms with Gasteiger partial charge in [0.05, 0.1) is 5.41 Å². The van der Waals surface area contributed by atoms with Gasteiger partial charge in [-0.05, 0) is 38.0 Å². The predicted molar refractivity (Wildman–Crippen MR) is 77.3 cm³/mol. The molecule has 0 aromatic carbocycles. The summed E-state index contributed by atoms with van der Waals surface area (Å²) in [4.78, 5) is 26.1. The molecule has 2 rings (SSSR count). The summed E-state index contributed by atoms with van der Waals surface area (Å²) in [5.74, 6) is -0.135. The van der Waals surface area contributed by atoms with Crippen LogP contribution >= 0.6 is 0 Å². The second-order valence-electron chi connectivity index (χ2n) is 6.97. The standard InChI is InChI=1S/C16H27NO3/c1-12(2)7-10-17(13-5-6-13)14(18)11-16(15(19)20)8-3-4-9-16/h12-13H,3-11H2,1-2H3,(H,19,20). The van der Waals surface area contributed by atoms with Crippen LogP contribution in [0.25, 0.3) is 0 Å². The smallest absolute Gasteiger partial charge is 0.310 e. The zero-order valence-corrected chi connectivity index (χ0v) is 12.7. The first-order chi connectivity index (χ1) is 9.44. The Balaban J connectivity index is 1.98. The van der Waals surface area contributed by atoms with E-state index in [9.17, 15) is 14.7 Å². The van der Waals surface area contributed by atoms with Crippen molar-refractivity contribution in [2.75, 3.05) is 6.54 Å². The van der Waals surface area contributed by atoms with Gasteiger partial charge < -0.3 is 10.0 Å². The van der Waals surface area contributed by atoms with E-state index in [-0.39, 0.29) is 12.3 Å². The summed E-state index contributed by atoms with van der Waals surface area (Å²) in [6, 6.07) is 0.383. The van der Waals surface area contributed by atoms with Crippen LogP contribution in [0.1, 0.15) is 65.2 Å². The van der Waals surface area contributed by atoms with E-state index < -0.39 is 11.4 Å². The van der Waals surface area contributed by atoms with Gasteiger partial charge in [-0.2, -0.15) is 0 Å². The summed E-state index contributed by atoms with van der Waals surface area (Å²) in [6.07, 6.45) is 6.59. The lowest BCUT2D eigenvalue weighted by Crippen LogP contribution is -2.40. The fourth-order valence-electron chi connectivity index (χ4n) is 3.20. The van der Waals surface area contributed by atoms with Crippen molar-refractivity contribution in [2.24, 2.45) is 11.3 Å². The average molecular weight is 281 g/mol. The molecule has 0 atom stereocenters. The van der Waals surface area contributed by atoms with Crippen molar-refractivity contribution < 1.29 is 14.7 Å². The molecule has 2 aliphatic rings. The Morgan fingerprint density at radius 1 is 1.25 bits per heavy atom. The van der Waals surface area contributed by atoms with Gasteiger partial charge >= 0.3 is 5.97 Å². The molecular formula is C16H27NO3. The molecule has 0 aliphatic heterocycles. The van der Waals surface area contributed by atoms with E-state index in [1.165, 1.54) is 0 Å². The maximum atomic E-state index is 12.6. The van der Waals surface area contributed by atoms with Crippen molar-refractivity contribution in [2.45, 2.75) is 71.3 Å². The van der Waals surface area contributed by atoms with Crippen LogP contribution in [-0.4, -0.2) is 34.5 Å². The third kappa shape index (κ3) is 3.53. The Kier molecular flexibility index (Phi) is 4.71. The number of carbonyl (C=O) groups is 2. The van der Waals surface area contributed by atoms with Gasteiger partial charge in [0, 0.05) is 19.0 Å². The van der Waals surface area contributed by atoms with Crippen molar-refractivity contribution in [3.05, 3.63) is 0 Å². The van der Waals surface area contributed by atoms with E-state index in [1.54, 1.807) is 0 Å². The van der Waals surface area contributed by atoms with Crippen LogP contribution in [0.3, 0.4) is 0 Å². The maximum absolute atomic E-state index is 12.6. The lowest BCUT2D eigenvalue weighted by Gasteiger charge is -2.29. The molecule has 2 aliphatic carbocycles. The topological polar surface area (TPSA) is 57.6 Å². The van der Waals surface area contributed by atoms with Crippen molar-refractivity contribution in [3.8, 4) is 0 Å². The molecule has 2 saturated carbocycles. The van der Waals surface area contributed by atoms with E-state index in [4.69, 9.17) is 0 Å². The van der Waals surface area contributed by atoms with E-state index in [2.05, 4.69) is 13.8 Å². The number of carboxylic acid groups (broad SMARTS) is 1. The zero-order chi connectivity index (χ0) is 14.8. The van der Waals surface area contributed by atoms with E-state index in [0.29, 0.717) is 24.8 Å². The number of hydrogen-bond acceptors (Lipinski definition) is 2. The number of hydrogen-bond donors (Lipinski definition) is 1. The minimum Gasteiger partial charge on any atom is -0.481 e. The molecule has 114 valence electrons. The first-order valence-electron chi connectivity index (χ1n) is 7.97. The molecule has 0 aromatic heterocycles. The molecule has 1 amide bonds. The zero-order valence-electron chi connectivity index (χ0n) is 12.7. The fraction of sp³-hybridized carbons (Fsp3) is 0.875. The van der Waals surface area contributed by atoms with E-state index in [0.717, 1.165) is 38.6 Å². The van der Waals surface area contributed by atoms with Crippen LogP contribution in [0.4, 0.5) is 0 Å². The molecule has 2 fully saturated rings. The average Bonchev–Trinajstić information content (AvgIpc) is 3.08. The number of nitrogens with zero attached hydrogens (tertiary/aromatic N) is 1. The van der Waals surface area contributed by atoms with Gasteiger partial charge in [-0.3, -0.25) is 9.59 Å². The van der Waals surface area contributed by atoms with Crippen LogP contribution < -0.4 is 0 Å². The number of amides is 1. The summed E-state index contributed by atoms with van der Waals surface area (Å²) in [7, 11) is 0. The molecule has 0 aromatic rings. The van der Waals surface area contributed by atoms with Gasteiger partial charge in [0.2, 0.25) is 5.91 Å². The van der Waals surface area contributed by atoms with Gasteiger partial charge in [0.1, 0.15) is 0 Å². The molecule has 0 saturated heterocycles. The molecule has 20 heavy (non-hydrogen) atoms. The second-order valence-corrected chi connectivity index (χ2v) is 6.97. The monoisotopic (exact) mass is 281 g/mol. The van der Waals surface area contributed by atoms with Crippen LogP contribution in [0.2, 0.25) is 0 Å². The normalized spacial score (nSPS) is 21.1. The van der Waals surface area contributed by atoms with Crippen molar-refractivity contribution >= 4 is 11.9 Å². The fourth-order valence-corrected chi connectivity index (χ4v) is 3.20. The van der Waals surface area contributed by atoms with Gasteiger partial charge in [-0.15, -0.1) is 0 Å². The molecule has 1 N–H and O–H groups in total. The van der Waals surface area contributed by atoms with Crippen LogP contribution in [0.5, 0.6) is 0 Å². The van der Waals surface area contributed by atoms with Crippen molar-refractivity contribution in [1.29, 1.82) is 0 Å². The molecular weight excluding hydrogens is 254 g/mol. The van der Waals surface area contributed by atoms with Crippen LogP contribution in [-0.2, 0) is 9.59 Å². The highest BCUT2D eigenvalue weighted by atomic mass is 16.4. The van der Waals surface area contributed by atoms with Crippen molar-refractivity contribution in [1.82, 2.24) is 4.90 Å². The maximum Gasteiger partial charge on any atom is 0.310 e. The minimum atomic E-state index is -0.776. The Morgan fingerprint density at radius 3 is 2.30 bits per heavy atom. The van der Waals surface area contributed by atoms with Gasteiger partial charge in [-0.1, -0.05) is 26.7 Å². The number of carboxylic acids is 1. The number of rotatable bonds is 7. The Hall–Kier alpha value is -1.06. The SMILES string of the molecule is CC(C)CCN(C(=O)CC1(C(=O)O)CCCC1)C1CC1. The van der Waals surface area contributed by atoms with E-state index >= 15 is 0 Å². The molecule has 0 bridgehead atoms. The summed E-state index contributed by atoms with van der Waals surface area (Å²) in [5, 5.41) is 9.50. The quantitative estimate of drug-likeness (QED) is 0.780. The lowest BCUT2D eigenvalue weighted by molar-refractivity contribution is -0.153. The highest BCUT2D eigenvalue weighted by molar-refractivity contribution is 5.85. The first kappa shape index (κ1) is 15.3. The third-order valence-electron chi connectivity index (χ3n) is 4.76. The minimum absolute atomic E-state index is 0.0671. The van der Waals surface area contributed by atoms with Crippen LogP contribution in [0.15, 0.2) is 0 Å². The molecule has 0 spiro atoms. The first-order valence-corrected chi connectivity index (χ1v) is 7.97. The number of aliphatic carboxylic acids is 1. The summed E-state index contributed by atoms with van der Waals surface area (Å²) < 4.78 is 0. The second kappa shape index (κ2) is 6.15. The summed E-state index contributed by atoms with van der Waals surface area (Å²) in [5.41, 5.74) is -0.776. The summed E-state index contributed by atoms with van der Waals surface area (Å²) >= 11 is 0. The Bertz CT molecular complexity index is 368. The molecule has 4 nitrogen and oxygen atoms in total. The predicted octanol–water partition coefficient (Wildman–Crippen LogP) is 3.06. The summed E-state index contributed by atoms with van der Waals surface area (Å²) in [6.45, 7) is 5.10. The van der Waals surface area contributed by atoms with Gasteiger partial charge in [-0.25, -0.2) is 0 Å². The lowest BCUT2D eigenvalue weighted by atomic mass is 9.82. The van der Waals surface area contributed by atoms with E-state index in [1.807, 2.05) is 4.90 Å². The molecule has 0 unspecified atom stereocenters. The third-order valence-corrected chi connectivity index (χ3v) is 4.76. The van der Waals surface area contributed by atoms with Crippen LogP contribution in [0, 0.1) is 11.3 Å². The van der Waals surface area contributed by atoms with Gasteiger partial charge in [0.15, 0.2) is 0 Å². The Morgan fingerprint density at radius 2 is 1.85 bits per heavy atom. The largest absolute Gasteiger partial charge is 0.481 e. The Labute approximate surface area is 121 Å². The molecule has 0 radical (unpaired) electrons. The highest BCUT2D eigenvalue weighted by Crippen LogP contribution is 2.42. The molecule has 4 heteroatoms. The van der Waals surface area contributed by atoms with Gasteiger partial charge in [0.25, 0.3) is 0 Å².